The van der Waals surface area contributed by atoms with Gasteiger partial charge in [0, 0.05) is 38.5 Å². The molecule has 0 amide bonds. The van der Waals surface area contributed by atoms with Crippen LogP contribution in [0.25, 0.3) is 21.8 Å². The molecule has 0 aliphatic heterocycles. The molecule has 0 aliphatic rings. The van der Waals surface area contributed by atoms with Gasteiger partial charge < -0.3 is 18.9 Å². The van der Waals surface area contributed by atoms with Crippen molar-refractivity contribution in [2.45, 2.75) is 33.1 Å². The van der Waals surface area contributed by atoms with Crippen molar-refractivity contribution >= 4 is 51.0 Å². The van der Waals surface area contributed by atoms with Crippen LogP contribution in [0.3, 0.4) is 0 Å². The highest BCUT2D eigenvalue weighted by atomic mass is 79.9. The first-order valence-electron chi connectivity index (χ1n) is 11.0. The van der Waals surface area contributed by atoms with Crippen LogP contribution in [0, 0.1) is 5.82 Å². The molecule has 4 aromatic rings. The van der Waals surface area contributed by atoms with Crippen LogP contribution < -0.4 is 5.32 Å². The van der Waals surface area contributed by atoms with Gasteiger partial charge in [0.1, 0.15) is 5.82 Å². The summed E-state index contributed by atoms with van der Waals surface area (Å²) in [4.78, 5) is 0. The maximum Gasteiger partial charge on any atom is 0.357 e. The predicted molar refractivity (Wildman–Crippen MR) is 136 cm³/mol. The van der Waals surface area contributed by atoms with E-state index in [2.05, 4.69) is 44.9 Å². The van der Waals surface area contributed by atoms with E-state index in [4.69, 9.17) is 9.05 Å². The summed E-state index contributed by atoms with van der Waals surface area (Å²) in [6, 6.07) is 18.2. The lowest BCUT2D eigenvalue weighted by Crippen LogP contribution is -2.15. The van der Waals surface area contributed by atoms with Crippen molar-refractivity contribution in [3.8, 4) is 0 Å². The van der Waals surface area contributed by atoms with Crippen LogP contribution in [0.2, 0.25) is 0 Å². The molecule has 0 saturated heterocycles. The monoisotopic (exact) mass is 532 g/mol. The number of halogens is 2. The number of aryl methyl sites for hydroxylation is 1. The highest BCUT2D eigenvalue weighted by molar-refractivity contribution is 9.10. The Bertz CT molecular complexity index is 1310. The molecule has 0 spiro atoms. The minimum atomic E-state index is -3.60. The summed E-state index contributed by atoms with van der Waals surface area (Å²) in [5, 5.41) is 5.44. The summed E-state index contributed by atoms with van der Waals surface area (Å²) in [6.45, 7) is 7.00. The first-order chi connectivity index (χ1) is 15.9. The fraction of sp³-hybridized carbons (Fsp3) is 0.280. The molecule has 174 valence electrons. The number of fused-ring (bicyclic) bond motifs is 3. The maximum atomic E-state index is 13.9. The Morgan fingerprint density at radius 3 is 2.15 bits per heavy atom. The fourth-order valence-corrected chi connectivity index (χ4v) is 6.49. The summed E-state index contributed by atoms with van der Waals surface area (Å²) in [7, 11) is -3.60. The molecule has 0 bridgehead atoms. The molecule has 1 unspecified atom stereocenters. The third kappa shape index (κ3) is 4.73. The molecule has 0 radical (unpaired) electrons. The lowest BCUT2D eigenvalue weighted by Gasteiger charge is -2.28. The normalized spacial score (nSPS) is 13.0. The number of benzene rings is 3. The fourth-order valence-electron chi connectivity index (χ4n) is 4.20. The van der Waals surface area contributed by atoms with E-state index in [9.17, 15) is 8.96 Å². The quantitative estimate of drug-likeness (QED) is 0.221. The molecule has 1 N–H and O–H groups in total. The number of hydrogen-bond acceptors (Lipinski definition) is 4. The van der Waals surface area contributed by atoms with E-state index in [-0.39, 0.29) is 19.0 Å². The number of nitrogens with one attached hydrogen (secondary N) is 1. The average molecular weight is 533 g/mol. The predicted octanol–water partition coefficient (Wildman–Crippen LogP) is 8.09. The van der Waals surface area contributed by atoms with Crippen LogP contribution in [0.1, 0.15) is 32.1 Å². The SMILES string of the molecule is CCOP(=O)(OCC)C(Nc1ccc(F)cc1)c1ccc2c(c1)c1cc(Br)ccc1n2CC. The van der Waals surface area contributed by atoms with Gasteiger partial charge in [-0.15, -0.1) is 0 Å². The van der Waals surface area contributed by atoms with Gasteiger partial charge in [-0.05, 0) is 80.9 Å². The molecule has 1 atom stereocenters. The van der Waals surface area contributed by atoms with Crippen molar-refractivity contribution in [1.29, 1.82) is 0 Å². The van der Waals surface area contributed by atoms with Gasteiger partial charge in [-0.3, -0.25) is 4.57 Å². The molecular weight excluding hydrogens is 506 g/mol. The molecule has 1 heterocycles. The molecule has 0 saturated carbocycles. The highest BCUT2D eigenvalue weighted by Crippen LogP contribution is 2.61. The largest absolute Gasteiger partial charge is 0.368 e. The van der Waals surface area contributed by atoms with Crippen molar-refractivity contribution in [3.63, 3.8) is 0 Å². The van der Waals surface area contributed by atoms with Gasteiger partial charge in [-0.25, -0.2) is 4.39 Å². The molecule has 4 rings (SSSR count). The minimum Gasteiger partial charge on any atom is -0.368 e. The second-order valence-corrected chi connectivity index (χ2v) is 10.6. The Morgan fingerprint density at radius 2 is 1.55 bits per heavy atom. The Kier molecular flexibility index (Phi) is 7.25. The number of hydrogen-bond donors (Lipinski definition) is 1. The summed E-state index contributed by atoms with van der Waals surface area (Å²) >= 11 is 3.58. The maximum absolute atomic E-state index is 13.9. The van der Waals surface area contributed by atoms with Gasteiger partial charge >= 0.3 is 7.60 Å². The van der Waals surface area contributed by atoms with E-state index in [1.807, 2.05) is 24.3 Å². The minimum absolute atomic E-state index is 0.239. The molecule has 0 fully saturated rings. The highest BCUT2D eigenvalue weighted by Gasteiger charge is 2.37. The van der Waals surface area contributed by atoms with Crippen LogP contribution in [-0.4, -0.2) is 17.8 Å². The summed E-state index contributed by atoms with van der Waals surface area (Å²) in [5.41, 5.74) is 3.62. The van der Waals surface area contributed by atoms with Gasteiger partial charge in [0.25, 0.3) is 0 Å². The van der Waals surface area contributed by atoms with Crippen molar-refractivity contribution in [2.75, 3.05) is 18.5 Å². The summed E-state index contributed by atoms with van der Waals surface area (Å²) in [6.07, 6.45) is 0. The van der Waals surface area contributed by atoms with E-state index in [0.29, 0.717) is 5.69 Å². The number of nitrogens with zero attached hydrogens (tertiary/aromatic N) is 1. The Labute approximate surface area is 201 Å². The molecular formula is C25H27BrFN2O3P. The van der Waals surface area contributed by atoms with Crippen molar-refractivity contribution in [3.05, 3.63) is 76.5 Å². The molecule has 3 aromatic carbocycles. The van der Waals surface area contributed by atoms with Crippen molar-refractivity contribution < 1.29 is 18.0 Å². The second kappa shape index (κ2) is 9.98. The number of anilines is 1. The standard InChI is InChI=1S/C25H27BrFN2O3P/c1-4-29-23-13-7-17(15-21(23)22-16-18(26)8-14-24(22)29)25(33(30,31-5-2)32-6-3)28-20-11-9-19(27)10-12-20/h7-16,25,28H,4-6H2,1-3H3. The second-order valence-electron chi connectivity index (χ2n) is 7.61. The lowest BCUT2D eigenvalue weighted by molar-refractivity contribution is 0.214. The Morgan fingerprint density at radius 1 is 0.939 bits per heavy atom. The van der Waals surface area contributed by atoms with Gasteiger partial charge in [-0.2, -0.15) is 0 Å². The first kappa shape index (κ1) is 24.0. The lowest BCUT2D eigenvalue weighted by atomic mass is 10.1. The van der Waals surface area contributed by atoms with Gasteiger partial charge in [0.15, 0.2) is 5.78 Å². The van der Waals surface area contributed by atoms with Gasteiger partial charge in [-0.1, -0.05) is 22.0 Å². The molecule has 8 heteroatoms. The Hall–Kier alpha value is -2.18. The molecule has 33 heavy (non-hydrogen) atoms. The van der Waals surface area contributed by atoms with Crippen LogP contribution in [0.4, 0.5) is 10.1 Å². The van der Waals surface area contributed by atoms with Crippen LogP contribution in [0.15, 0.2) is 65.1 Å². The van der Waals surface area contributed by atoms with Gasteiger partial charge in [0.2, 0.25) is 0 Å². The first-order valence-corrected chi connectivity index (χ1v) is 13.4. The van der Waals surface area contributed by atoms with E-state index in [1.165, 1.54) is 12.1 Å². The molecule has 1 aromatic heterocycles. The smallest absolute Gasteiger partial charge is 0.357 e. The van der Waals surface area contributed by atoms with Crippen LogP contribution in [0.5, 0.6) is 0 Å². The third-order valence-electron chi connectivity index (χ3n) is 5.56. The molecule has 0 aliphatic carbocycles. The zero-order valence-electron chi connectivity index (χ0n) is 18.8. The number of rotatable bonds is 9. The van der Waals surface area contributed by atoms with Crippen molar-refractivity contribution in [2.24, 2.45) is 0 Å². The average Bonchev–Trinajstić information content (AvgIpc) is 3.11. The Balaban J connectivity index is 1.90. The van der Waals surface area contributed by atoms with E-state index in [0.717, 1.165) is 38.4 Å². The molecule has 5 nitrogen and oxygen atoms in total. The van der Waals surface area contributed by atoms with E-state index >= 15 is 0 Å². The van der Waals surface area contributed by atoms with E-state index in [1.54, 1.807) is 26.0 Å². The van der Waals surface area contributed by atoms with Crippen LogP contribution >= 0.6 is 23.5 Å². The number of aromatic nitrogens is 1. The topological polar surface area (TPSA) is 52.5 Å². The third-order valence-corrected chi connectivity index (χ3v) is 8.35. The van der Waals surface area contributed by atoms with E-state index < -0.39 is 13.4 Å². The van der Waals surface area contributed by atoms with Crippen molar-refractivity contribution in [1.82, 2.24) is 4.57 Å². The zero-order valence-corrected chi connectivity index (χ0v) is 21.3. The summed E-state index contributed by atoms with van der Waals surface area (Å²) in [5.74, 6) is -1.10. The zero-order chi connectivity index (χ0) is 23.6. The van der Waals surface area contributed by atoms with Gasteiger partial charge in [0.05, 0.1) is 13.2 Å². The summed E-state index contributed by atoms with van der Waals surface area (Å²) < 4.78 is 42.1. The van der Waals surface area contributed by atoms with Crippen LogP contribution in [-0.2, 0) is 20.2 Å².